The Morgan fingerprint density at radius 2 is 1.95 bits per heavy atom. The molecule has 1 aliphatic heterocycles. The number of imidazole rings is 1. The molecule has 11 nitrogen and oxygen atoms in total. The third-order valence-electron chi connectivity index (χ3n) is 7.03. The fourth-order valence-electron chi connectivity index (χ4n) is 4.87. The first kappa shape index (κ1) is 26.9. The van der Waals surface area contributed by atoms with Crippen LogP contribution in [0.5, 0.6) is 11.5 Å². The molecule has 208 valence electrons. The zero-order valence-electron chi connectivity index (χ0n) is 23.0. The molecular weight excluding hydrogens is 508 g/mol. The van der Waals surface area contributed by atoms with Crippen LogP contribution in [0.1, 0.15) is 18.4 Å². The molecule has 11 heteroatoms. The molecule has 1 amide bonds. The number of carbonyl (C=O) groups excluding carboxylic acids is 1. The molecule has 2 aromatic heterocycles. The first-order valence-corrected chi connectivity index (χ1v) is 13.2. The van der Waals surface area contributed by atoms with Crippen LogP contribution >= 0.6 is 0 Å². The molecule has 0 unspecified atom stereocenters. The summed E-state index contributed by atoms with van der Waals surface area (Å²) in [5, 5.41) is 3.29. The Morgan fingerprint density at radius 3 is 2.70 bits per heavy atom. The van der Waals surface area contributed by atoms with Crippen LogP contribution in [-0.4, -0.2) is 77.8 Å². The van der Waals surface area contributed by atoms with Crippen molar-refractivity contribution in [2.45, 2.75) is 12.8 Å². The molecule has 2 aromatic carbocycles. The summed E-state index contributed by atoms with van der Waals surface area (Å²) in [5.74, 6) is 1.87. The maximum absolute atomic E-state index is 11.6. The average molecular weight is 543 g/mol. The molecule has 0 spiro atoms. The normalized spacial score (nSPS) is 13.7. The molecule has 4 aromatic rings. The molecule has 3 N–H and O–H groups in total. The van der Waals surface area contributed by atoms with Gasteiger partial charge in [-0.2, -0.15) is 4.98 Å². The average Bonchev–Trinajstić information content (AvgIpc) is 3.64. The highest BCUT2D eigenvalue weighted by Gasteiger charge is 2.17. The minimum Gasteiger partial charge on any atom is -0.497 e. The van der Waals surface area contributed by atoms with Crippen molar-refractivity contribution in [3.8, 4) is 17.3 Å². The molecule has 1 aliphatic rings. The van der Waals surface area contributed by atoms with Gasteiger partial charge in [-0.1, -0.05) is 0 Å². The van der Waals surface area contributed by atoms with Crippen molar-refractivity contribution in [1.82, 2.24) is 24.4 Å². The monoisotopic (exact) mass is 542 g/mol. The Labute approximate surface area is 233 Å². The van der Waals surface area contributed by atoms with Gasteiger partial charge >= 0.3 is 0 Å². The van der Waals surface area contributed by atoms with Gasteiger partial charge in [0.05, 0.1) is 30.9 Å². The van der Waals surface area contributed by atoms with E-state index in [0.29, 0.717) is 23.2 Å². The topological polar surface area (TPSA) is 124 Å². The smallest absolute Gasteiger partial charge is 0.241 e. The van der Waals surface area contributed by atoms with Gasteiger partial charge in [-0.25, -0.2) is 9.97 Å². The second-order valence-electron chi connectivity index (χ2n) is 9.65. The van der Waals surface area contributed by atoms with Gasteiger partial charge in [0.15, 0.2) is 0 Å². The second-order valence-corrected chi connectivity index (χ2v) is 9.65. The first-order chi connectivity index (χ1) is 19.4. The van der Waals surface area contributed by atoms with Crippen molar-refractivity contribution in [3.63, 3.8) is 0 Å². The number of anilines is 3. The number of likely N-dealkylation sites (N-methyl/N-ethyl adjacent to an activating group) is 1. The molecule has 5 rings (SSSR count). The predicted molar refractivity (Wildman–Crippen MR) is 157 cm³/mol. The number of amides is 1. The van der Waals surface area contributed by atoms with Crippen molar-refractivity contribution >= 4 is 40.3 Å². The number of rotatable bonds is 11. The van der Waals surface area contributed by atoms with Crippen LogP contribution in [0, 0.1) is 0 Å². The van der Waals surface area contributed by atoms with Crippen LogP contribution in [0.4, 0.5) is 17.3 Å². The summed E-state index contributed by atoms with van der Waals surface area (Å²) in [6.45, 7) is 4.07. The summed E-state index contributed by atoms with van der Waals surface area (Å²) in [7, 11) is 5.29. The minimum atomic E-state index is -0.516. The number of nitrogens with one attached hydrogen (secondary N) is 1. The predicted octanol–water partition coefficient (Wildman–Crippen LogP) is 3.61. The molecular formula is C29H34N8O3. The Kier molecular flexibility index (Phi) is 8.11. The van der Waals surface area contributed by atoms with Gasteiger partial charge in [0.2, 0.25) is 11.9 Å². The maximum Gasteiger partial charge on any atom is 0.241 e. The maximum atomic E-state index is 11.6. The minimum absolute atomic E-state index is 0.381. The van der Waals surface area contributed by atoms with Crippen LogP contribution in [0.3, 0.4) is 0 Å². The molecule has 3 heterocycles. The van der Waals surface area contributed by atoms with Gasteiger partial charge < -0.3 is 30.3 Å². The third kappa shape index (κ3) is 5.99. The van der Waals surface area contributed by atoms with Crippen LogP contribution in [0.15, 0.2) is 55.0 Å². The lowest BCUT2D eigenvalue weighted by molar-refractivity contribution is -0.113. The summed E-state index contributed by atoms with van der Waals surface area (Å²) in [6.07, 6.45) is 8.98. The molecule has 40 heavy (non-hydrogen) atoms. The lowest BCUT2D eigenvalue weighted by Gasteiger charge is -2.26. The Balaban J connectivity index is 1.44. The van der Waals surface area contributed by atoms with Gasteiger partial charge in [-0.15, -0.1) is 0 Å². The van der Waals surface area contributed by atoms with E-state index in [9.17, 15) is 4.79 Å². The molecule has 0 atom stereocenters. The largest absolute Gasteiger partial charge is 0.497 e. The van der Waals surface area contributed by atoms with E-state index < -0.39 is 5.91 Å². The van der Waals surface area contributed by atoms with Crippen molar-refractivity contribution in [2.75, 3.05) is 57.7 Å². The van der Waals surface area contributed by atoms with E-state index in [-0.39, 0.29) is 0 Å². The number of methoxy groups -OCH3 is 2. The molecule has 1 saturated heterocycles. The zero-order valence-corrected chi connectivity index (χ0v) is 23.0. The number of likely N-dealkylation sites (tertiary alicyclic amines) is 1. The van der Waals surface area contributed by atoms with E-state index >= 15 is 0 Å². The van der Waals surface area contributed by atoms with Gasteiger partial charge in [-0.3, -0.25) is 9.36 Å². The van der Waals surface area contributed by atoms with Crippen LogP contribution < -0.4 is 25.4 Å². The second kappa shape index (κ2) is 12.0. The fourth-order valence-corrected chi connectivity index (χ4v) is 4.87. The zero-order chi connectivity index (χ0) is 28.1. The molecule has 0 radical (unpaired) electrons. The SMILES string of the molecule is COc1ccc2c(c1)ncn2-c1ccnc(Nc2cc(C=CC(N)=O)c(N(C)CCN3CCCC3)cc2OC)n1. The van der Waals surface area contributed by atoms with E-state index in [1.165, 1.54) is 18.9 Å². The van der Waals surface area contributed by atoms with Gasteiger partial charge in [0, 0.05) is 55.8 Å². The Bertz CT molecular complexity index is 1530. The number of aromatic nitrogens is 4. The quantitative estimate of drug-likeness (QED) is 0.274. The summed E-state index contributed by atoms with van der Waals surface area (Å²) >= 11 is 0. The lowest BCUT2D eigenvalue weighted by Crippen LogP contribution is -2.31. The number of fused-ring (bicyclic) bond motifs is 1. The number of nitrogens with zero attached hydrogens (tertiary/aromatic N) is 6. The number of carbonyl (C=O) groups is 1. The Morgan fingerprint density at radius 1 is 1.12 bits per heavy atom. The van der Waals surface area contributed by atoms with Crippen molar-refractivity contribution in [3.05, 3.63) is 60.6 Å². The highest BCUT2D eigenvalue weighted by atomic mass is 16.5. The number of hydrogen-bond donors (Lipinski definition) is 2. The van der Waals surface area contributed by atoms with Crippen LogP contribution in [0.2, 0.25) is 0 Å². The first-order valence-electron chi connectivity index (χ1n) is 13.2. The van der Waals surface area contributed by atoms with E-state index in [0.717, 1.165) is 54.2 Å². The molecule has 0 saturated carbocycles. The van der Waals surface area contributed by atoms with E-state index in [1.54, 1.807) is 32.8 Å². The number of hydrogen-bond acceptors (Lipinski definition) is 9. The van der Waals surface area contributed by atoms with E-state index in [4.69, 9.17) is 20.2 Å². The lowest BCUT2D eigenvalue weighted by atomic mass is 10.1. The third-order valence-corrected chi connectivity index (χ3v) is 7.03. The molecule has 1 fully saturated rings. The number of primary amides is 1. The Hall–Kier alpha value is -4.64. The van der Waals surface area contributed by atoms with E-state index in [2.05, 4.69) is 25.1 Å². The number of ether oxygens (including phenoxy) is 2. The summed E-state index contributed by atoms with van der Waals surface area (Å²) in [5.41, 5.74) is 9.51. The van der Waals surface area contributed by atoms with Gasteiger partial charge in [-0.05, 0) is 56.3 Å². The molecule has 0 bridgehead atoms. The fraction of sp³-hybridized carbons (Fsp3) is 0.310. The standard InChI is InChI=1S/C29H34N8O3/c1-35(14-15-36-12-4-5-13-36)25-18-26(40-3)23(16-20(25)6-9-27(30)38)33-29-31-11-10-28(34-29)37-19-32-22-17-21(39-2)7-8-24(22)37/h6-11,16-19H,4-5,12-15H2,1-3H3,(H2,30,38)(H,31,33,34). The highest BCUT2D eigenvalue weighted by molar-refractivity contribution is 5.92. The van der Waals surface area contributed by atoms with Crippen LogP contribution in [-0.2, 0) is 4.79 Å². The van der Waals surface area contributed by atoms with Gasteiger partial charge in [0.1, 0.15) is 23.6 Å². The number of nitrogens with two attached hydrogens (primary N) is 1. The van der Waals surface area contributed by atoms with Crippen molar-refractivity contribution < 1.29 is 14.3 Å². The summed E-state index contributed by atoms with van der Waals surface area (Å²) in [4.78, 5) is 29.8. The van der Waals surface area contributed by atoms with E-state index in [1.807, 2.05) is 48.0 Å². The number of benzene rings is 2. The van der Waals surface area contributed by atoms with Crippen molar-refractivity contribution in [2.24, 2.45) is 5.73 Å². The highest BCUT2D eigenvalue weighted by Crippen LogP contribution is 2.35. The summed E-state index contributed by atoms with van der Waals surface area (Å²) in [6, 6.07) is 11.4. The van der Waals surface area contributed by atoms with Crippen molar-refractivity contribution in [1.29, 1.82) is 0 Å². The molecule has 0 aliphatic carbocycles. The van der Waals surface area contributed by atoms with Gasteiger partial charge in [0.25, 0.3) is 0 Å². The summed E-state index contributed by atoms with van der Waals surface area (Å²) < 4.78 is 13.0. The van der Waals surface area contributed by atoms with Crippen LogP contribution in [0.25, 0.3) is 22.9 Å².